The molecular formula is C17H30N2O2. The summed E-state index contributed by atoms with van der Waals surface area (Å²) in [5, 5.41) is 5.00. The first-order chi connectivity index (χ1) is 10.3. The van der Waals surface area contributed by atoms with Gasteiger partial charge in [0.1, 0.15) is 6.04 Å². The van der Waals surface area contributed by atoms with Crippen molar-refractivity contribution in [2.75, 3.05) is 13.2 Å². The Labute approximate surface area is 128 Å². The quantitative estimate of drug-likeness (QED) is 0.470. The van der Waals surface area contributed by atoms with Crippen molar-refractivity contribution in [2.24, 2.45) is 0 Å². The summed E-state index contributed by atoms with van der Waals surface area (Å²) in [4.78, 5) is 17.9. The second-order valence-corrected chi connectivity index (χ2v) is 6.26. The smallest absolute Gasteiger partial charge is 0.239 e. The Hall–Kier alpha value is -0.870. The van der Waals surface area contributed by atoms with Crippen molar-refractivity contribution in [1.82, 2.24) is 10.4 Å². The highest BCUT2D eigenvalue weighted by Crippen LogP contribution is 2.22. The summed E-state index contributed by atoms with van der Waals surface area (Å²) in [6.07, 6.45) is 13.5. The van der Waals surface area contributed by atoms with Gasteiger partial charge in [-0.2, -0.15) is 5.06 Å². The third-order valence-electron chi connectivity index (χ3n) is 4.24. The molecular weight excluding hydrogens is 264 g/mol. The number of hydroxylamine groups is 2. The number of nitrogens with one attached hydrogen (secondary N) is 1. The molecule has 0 aromatic heterocycles. The lowest BCUT2D eigenvalue weighted by Crippen LogP contribution is -2.44. The maximum atomic E-state index is 12.1. The molecule has 1 saturated carbocycles. The van der Waals surface area contributed by atoms with Gasteiger partial charge >= 0.3 is 0 Å². The molecule has 2 aliphatic rings. The average Bonchev–Trinajstić information content (AvgIpc) is 3.16. The number of amides is 1. The van der Waals surface area contributed by atoms with Crippen LogP contribution in [0.4, 0.5) is 0 Å². The number of hydrogen-bond acceptors (Lipinski definition) is 3. The van der Waals surface area contributed by atoms with Crippen molar-refractivity contribution < 1.29 is 9.63 Å². The lowest BCUT2D eigenvalue weighted by Gasteiger charge is -2.23. The highest BCUT2D eigenvalue weighted by molar-refractivity contribution is 5.82. The molecule has 120 valence electrons. The minimum absolute atomic E-state index is 0.0572. The third-order valence-corrected chi connectivity index (χ3v) is 4.24. The van der Waals surface area contributed by atoms with Gasteiger partial charge < -0.3 is 5.32 Å². The molecule has 0 bridgehead atoms. The maximum Gasteiger partial charge on any atom is 0.239 e. The molecule has 1 atom stereocenters. The molecule has 2 rings (SSSR count). The van der Waals surface area contributed by atoms with Crippen LogP contribution in [0.5, 0.6) is 0 Å². The Bertz CT molecular complexity index is 329. The molecule has 1 saturated heterocycles. The Morgan fingerprint density at radius 1 is 1.19 bits per heavy atom. The van der Waals surface area contributed by atoms with Crippen LogP contribution in [0.15, 0.2) is 12.7 Å². The van der Waals surface area contributed by atoms with Gasteiger partial charge in [-0.25, -0.2) is 0 Å². The number of nitrogens with zero attached hydrogens (tertiary/aromatic N) is 1. The monoisotopic (exact) mass is 294 g/mol. The number of unbranched alkanes of at least 4 members (excludes halogenated alkanes) is 5. The van der Waals surface area contributed by atoms with Gasteiger partial charge in [0.2, 0.25) is 5.91 Å². The molecule has 21 heavy (non-hydrogen) atoms. The molecule has 0 aromatic carbocycles. The summed E-state index contributed by atoms with van der Waals surface area (Å²) in [5.41, 5.74) is 0. The van der Waals surface area contributed by atoms with Gasteiger partial charge in [0.25, 0.3) is 0 Å². The van der Waals surface area contributed by atoms with Gasteiger partial charge in [0, 0.05) is 12.6 Å². The Morgan fingerprint density at radius 3 is 2.71 bits per heavy atom. The average molecular weight is 294 g/mol. The molecule has 0 unspecified atom stereocenters. The first kappa shape index (κ1) is 16.5. The molecule has 0 spiro atoms. The Kier molecular flexibility index (Phi) is 7.24. The van der Waals surface area contributed by atoms with Gasteiger partial charge in [-0.15, -0.1) is 6.58 Å². The zero-order valence-electron chi connectivity index (χ0n) is 13.2. The van der Waals surface area contributed by atoms with E-state index in [-0.39, 0.29) is 11.9 Å². The van der Waals surface area contributed by atoms with E-state index in [4.69, 9.17) is 4.84 Å². The van der Waals surface area contributed by atoms with Crippen molar-refractivity contribution in [3.05, 3.63) is 12.7 Å². The van der Waals surface area contributed by atoms with E-state index in [0.29, 0.717) is 6.04 Å². The summed E-state index contributed by atoms with van der Waals surface area (Å²) in [6, 6.07) is 0.383. The molecule has 0 aromatic rings. The first-order valence-electron chi connectivity index (χ1n) is 8.62. The van der Waals surface area contributed by atoms with Gasteiger partial charge in [0.15, 0.2) is 0 Å². The highest BCUT2D eigenvalue weighted by Gasteiger charge is 2.34. The lowest BCUT2D eigenvalue weighted by atomic mass is 10.1. The van der Waals surface area contributed by atoms with Crippen LogP contribution in [-0.2, 0) is 9.63 Å². The third kappa shape index (κ3) is 6.18. The fourth-order valence-electron chi connectivity index (χ4n) is 2.78. The summed E-state index contributed by atoms with van der Waals surface area (Å²) >= 11 is 0. The van der Waals surface area contributed by atoms with Crippen LogP contribution in [0.3, 0.4) is 0 Å². The summed E-state index contributed by atoms with van der Waals surface area (Å²) in [6.45, 7) is 5.37. The first-order valence-corrected chi connectivity index (χ1v) is 8.62. The van der Waals surface area contributed by atoms with Crippen LogP contribution < -0.4 is 5.32 Å². The molecule has 4 nitrogen and oxygen atoms in total. The van der Waals surface area contributed by atoms with Crippen LogP contribution >= 0.6 is 0 Å². The minimum Gasteiger partial charge on any atom is -0.352 e. The van der Waals surface area contributed by atoms with Crippen molar-refractivity contribution in [1.29, 1.82) is 0 Å². The maximum absolute atomic E-state index is 12.1. The zero-order valence-corrected chi connectivity index (χ0v) is 13.2. The number of carbonyl (C=O) groups excluding carboxylic acids is 1. The van der Waals surface area contributed by atoms with Crippen LogP contribution in [-0.4, -0.2) is 36.2 Å². The van der Waals surface area contributed by atoms with E-state index in [9.17, 15) is 4.79 Å². The molecule has 0 radical (unpaired) electrons. The molecule has 1 aliphatic heterocycles. The number of allylic oxidation sites excluding steroid dienone is 1. The van der Waals surface area contributed by atoms with E-state index in [1.807, 2.05) is 11.1 Å². The highest BCUT2D eigenvalue weighted by atomic mass is 16.7. The molecule has 4 heteroatoms. The van der Waals surface area contributed by atoms with Crippen LogP contribution in [0.25, 0.3) is 0 Å². The Balaban J connectivity index is 1.52. The van der Waals surface area contributed by atoms with Crippen molar-refractivity contribution in [3.63, 3.8) is 0 Å². The topological polar surface area (TPSA) is 41.6 Å². The van der Waals surface area contributed by atoms with Crippen LogP contribution in [0, 0.1) is 0 Å². The minimum atomic E-state index is -0.0572. The van der Waals surface area contributed by atoms with Gasteiger partial charge in [-0.3, -0.25) is 9.63 Å². The number of rotatable bonds is 11. The predicted molar refractivity (Wildman–Crippen MR) is 84.7 cm³/mol. The van der Waals surface area contributed by atoms with E-state index >= 15 is 0 Å². The SMILES string of the molecule is C=CCCCCCCCON1CCC[C@H]1C(=O)NC1CC1. The van der Waals surface area contributed by atoms with E-state index in [1.54, 1.807) is 0 Å². The number of hydrogen-bond donors (Lipinski definition) is 1. The summed E-state index contributed by atoms with van der Waals surface area (Å²) < 4.78 is 0. The van der Waals surface area contributed by atoms with Crippen LogP contribution in [0.1, 0.15) is 64.2 Å². The molecule has 1 N–H and O–H groups in total. The van der Waals surface area contributed by atoms with Gasteiger partial charge in [-0.1, -0.05) is 25.3 Å². The van der Waals surface area contributed by atoms with Crippen LogP contribution in [0.2, 0.25) is 0 Å². The second-order valence-electron chi connectivity index (χ2n) is 6.26. The fourth-order valence-corrected chi connectivity index (χ4v) is 2.78. The van der Waals surface area contributed by atoms with Gasteiger partial charge in [0.05, 0.1) is 6.61 Å². The summed E-state index contributed by atoms with van der Waals surface area (Å²) in [7, 11) is 0. The Morgan fingerprint density at radius 2 is 1.95 bits per heavy atom. The second kappa shape index (κ2) is 9.21. The lowest BCUT2D eigenvalue weighted by molar-refractivity contribution is -0.177. The zero-order chi connectivity index (χ0) is 14.9. The predicted octanol–water partition coefficient (Wildman–Crippen LogP) is 3.19. The molecule has 1 aliphatic carbocycles. The molecule has 1 amide bonds. The van der Waals surface area contributed by atoms with Crippen molar-refractivity contribution >= 4 is 5.91 Å². The molecule has 2 fully saturated rings. The van der Waals surface area contributed by atoms with Gasteiger partial charge in [-0.05, 0) is 44.9 Å². The standard InChI is InChI=1S/C17H30N2O2/c1-2-3-4-5-6-7-8-14-21-19-13-9-10-16(19)17(20)18-15-11-12-15/h2,15-16H,1,3-14H2,(H,18,20)/t16-/m0/s1. The largest absolute Gasteiger partial charge is 0.352 e. The van der Waals surface area contributed by atoms with E-state index in [0.717, 1.165) is 51.7 Å². The van der Waals surface area contributed by atoms with E-state index in [1.165, 1.54) is 25.7 Å². The van der Waals surface area contributed by atoms with Crippen molar-refractivity contribution in [3.8, 4) is 0 Å². The molecule has 1 heterocycles. The summed E-state index contributed by atoms with van der Waals surface area (Å²) in [5.74, 6) is 0.166. The number of carbonyl (C=O) groups is 1. The van der Waals surface area contributed by atoms with E-state index < -0.39 is 0 Å². The van der Waals surface area contributed by atoms with E-state index in [2.05, 4.69) is 11.9 Å². The van der Waals surface area contributed by atoms with Crippen molar-refractivity contribution in [2.45, 2.75) is 76.3 Å². The normalized spacial score (nSPS) is 22.4. The fraction of sp³-hybridized carbons (Fsp3) is 0.824.